The van der Waals surface area contributed by atoms with E-state index in [1.165, 1.54) is 6.92 Å². The van der Waals surface area contributed by atoms with E-state index in [4.69, 9.17) is 4.74 Å². The predicted octanol–water partition coefficient (Wildman–Crippen LogP) is 1.82. The molecular formula is C19H24N4O3. The molecule has 2 heterocycles. The van der Waals surface area contributed by atoms with Crippen LogP contribution in [0.3, 0.4) is 0 Å². The maximum atomic E-state index is 12.7. The minimum atomic E-state index is -0.0738. The molecule has 1 aliphatic heterocycles. The summed E-state index contributed by atoms with van der Waals surface area (Å²) in [5.41, 5.74) is 2.61. The van der Waals surface area contributed by atoms with Crippen molar-refractivity contribution in [2.24, 2.45) is 0 Å². The molecule has 1 aromatic heterocycles. The summed E-state index contributed by atoms with van der Waals surface area (Å²) in [7, 11) is 1.65. The Morgan fingerprint density at radius 3 is 2.81 bits per heavy atom. The Bertz CT molecular complexity index is 769. The number of amides is 2. The quantitative estimate of drug-likeness (QED) is 0.826. The second-order valence-corrected chi connectivity index (χ2v) is 6.57. The van der Waals surface area contributed by atoms with Gasteiger partial charge in [0.05, 0.1) is 25.0 Å². The number of nitrogens with one attached hydrogen (secondary N) is 2. The third-order valence-electron chi connectivity index (χ3n) is 4.55. The maximum absolute atomic E-state index is 12.7. The van der Waals surface area contributed by atoms with Gasteiger partial charge in [-0.1, -0.05) is 12.1 Å². The van der Waals surface area contributed by atoms with E-state index in [1.54, 1.807) is 13.3 Å². The smallest absolute Gasteiger partial charge is 0.253 e. The Labute approximate surface area is 152 Å². The molecular weight excluding hydrogens is 332 g/mol. The van der Waals surface area contributed by atoms with Gasteiger partial charge in [0.2, 0.25) is 5.91 Å². The van der Waals surface area contributed by atoms with Gasteiger partial charge in [0.25, 0.3) is 5.91 Å². The minimum Gasteiger partial charge on any atom is -0.380 e. The van der Waals surface area contributed by atoms with Crippen LogP contribution in [0.2, 0.25) is 0 Å². The lowest BCUT2D eigenvalue weighted by molar-refractivity contribution is -0.119. The third kappa shape index (κ3) is 4.29. The van der Waals surface area contributed by atoms with Crippen LogP contribution >= 0.6 is 0 Å². The first-order chi connectivity index (χ1) is 12.6. The number of methoxy groups -OCH3 is 1. The predicted molar refractivity (Wildman–Crippen MR) is 96.5 cm³/mol. The van der Waals surface area contributed by atoms with Crippen molar-refractivity contribution in [2.45, 2.75) is 32.4 Å². The van der Waals surface area contributed by atoms with Crippen molar-refractivity contribution in [1.29, 1.82) is 0 Å². The summed E-state index contributed by atoms with van der Waals surface area (Å²) in [6.07, 6.45) is 2.62. The van der Waals surface area contributed by atoms with E-state index in [-0.39, 0.29) is 17.7 Å². The van der Waals surface area contributed by atoms with Crippen LogP contribution in [-0.4, -0.2) is 46.9 Å². The molecule has 7 nitrogen and oxygen atoms in total. The SMILES string of the molecule is COCc1ccc(C(=O)N2CC[C@@H](c3ncc(CNC(C)=O)[nH]3)C2)cc1. The molecule has 1 aliphatic rings. The summed E-state index contributed by atoms with van der Waals surface area (Å²) in [4.78, 5) is 33.2. The third-order valence-corrected chi connectivity index (χ3v) is 4.55. The lowest BCUT2D eigenvalue weighted by Gasteiger charge is -2.16. The highest BCUT2D eigenvalue weighted by atomic mass is 16.5. The highest BCUT2D eigenvalue weighted by molar-refractivity contribution is 5.94. The number of hydrogen-bond acceptors (Lipinski definition) is 4. The van der Waals surface area contributed by atoms with E-state index < -0.39 is 0 Å². The van der Waals surface area contributed by atoms with Gasteiger partial charge in [0.15, 0.2) is 0 Å². The number of hydrogen-bond donors (Lipinski definition) is 2. The summed E-state index contributed by atoms with van der Waals surface area (Å²) < 4.78 is 5.09. The van der Waals surface area contributed by atoms with Crippen LogP contribution in [0.4, 0.5) is 0 Å². The van der Waals surface area contributed by atoms with Gasteiger partial charge in [-0.05, 0) is 24.1 Å². The van der Waals surface area contributed by atoms with E-state index in [2.05, 4.69) is 15.3 Å². The number of likely N-dealkylation sites (tertiary alicyclic amines) is 1. The average molecular weight is 356 g/mol. The van der Waals surface area contributed by atoms with Crippen LogP contribution in [0.25, 0.3) is 0 Å². The number of benzene rings is 1. The topological polar surface area (TPSA) is 87.3 Å². The number of aromatic amines is 1. The summed E-state index contributed by atoms with van der Waals surface area (Å²) in [5, 5.41) is 2.74. The van der Waals surface area contributed by atoms with Crippen molar-refractivity contribution in [2.75, 3.05) is 20.2 Å². The normalized spacial score (nSPS) is 16.7. The minimum absolute atomic E-state index is 0.0430. The number of carbonyl (C=O) groups is 2. The first-order valence-electron chi connectivity index (χ1n) is 8.72. The van der Waals surface area contributed by atoms with E-state index in [0.29, 0.717) is 31.8 Å². The molecule has 1 aromatic carbocycles. The molecule has 3 rings (SSSR count). The van der Waals surface area contributed by atoms with Gasteiger partial charge in [0.1, 0.15) is 5.82 Å². The molecule has 138 valence electrons. The molecule has 0 unspecified atom stereocenters. The van der Waals surface area contributed by atoms with Gasteiger partial charge >= 0.3 is 0 Å². The molecule has 0 spiro atoms. The van der Waals surface area contributed by atoms with Crippen molar-refractivity contribution in [3.8, 4) is 0 Å². The molecule has 2 aromatic rings. The van der Waals surface area contributed by atoms with E-state index >= 15 is 0 Å². The molecule has 2 N–H and O–H groups in total. The fourth-order valence-electron chi connectivity index (χ4n) is 3.15. The number of H-pyrrole nitrogens is 1. The van der Waals surface area contributed by atoms with Crippen molar-refractivity contribution < 1.29 is 14.3 Å². The van der Waals surface area contributed by atoms with Crippen molar-refractivity contribution >= 4 is 11.8 Å². The summed E-state index contributed by atoms with van der Waals surface area (Å²) in [5.74, 6) is 1.03. The average Bonchev–Trinajstić information content (AvgIpc) is 3.29. The van der Waals surface area contributed by atoms with Gasteiger partial charge in [-0.2, -0.15) is 0 Å². The van der Waals surface area contributed by atoms with Crippen molar-refractivity contribution in [1.82, 2.24) is 20.2 Å². The number of aromatic nitrogens is 2. The summed E-state index contributed by atoms with van der Waals surface area (Å²) in [6.45, 7) is 3.82. The van der Waals surface area contributed by atoms with Crippen molar-refractivity contribution in [3.63, 3.8) is 0 Å². The van der Waals surface area contributed by atoms with Crippen LogP contribution in [0.15, 0.2) is 30.5 Å². The monoisotopic (exact) mass is 356 g/mol. The summed E-state index contributed by atoms with van der Waals surface area (Å²) in [6, 6.07) is 7.54. The fourth-order valence-corrected chi connectivity index (χ4v) is 3.15. The zero-order valence-corrected chi connectivity index (χ0v) is 15.1. The summed E-state index contributed by atoms with van der Waals surface area (Å²) >= 11 is 0. The highest BCUT2D eigenvalue weighted by Gasteiger charge is 2.29. The number of nitrogens with zero attached hydrogens (tertiary/aromatic N) is 2. The first-order valence-corrected chi connectivity index (χ1v) is 8.72. The van der Waals surface area contributed by atoms with Gasteiger partial charge in [-0.25, -0.2) is 4.98 Å². The zero-order valence-electron chi connectivity index (χ0n) is 15.1. The fraction of sp³-hybridized carbons (Fsp3) is 0.421. The van der Waals surface area contributed by atoms with E-state index in [1.807, 2.05) is 29.2 Å². The maximum Gasteiger partial charge on any atom is 0.253 e. The van der Waals surface area contributed by atoms with Crippen LogP contribution < -0.4 is 5.32 Å². The Morgan fingerprint density at radius 1 is 1.35 bits per heavy atom. The highest BCUT2D eigenvalue weighted by Crippen LogP contribution is 2.26. The molecule has 2 amide bonds. The molecule has 7 heteroatoms. The van der Waals surface area contributed by atoms with Gasteiger partial charge in [-0.15, -0.1) is 0 Å². The molecule has 1 saturated heterocycles. The molecule has 0 aliphatic carbocycles. The Hall–Kier alpha value is -2.67. The van der Waals surface area contributed by atoms with Crippen LogP contribution in [0, 0.1) is 0 Å². The Kier molecular flexibility index (Phi) is 5.68. The van der Waals surface area contributed by atoms with E-state index in [0.717, 1.165) is 23.5 Å². The van der Waals surface area contributed by atoms with Crippen LogP contribution in [0.1, 0.15) is 46.7 Å². The lowest BCUT2D eigenvalue weighted by atomic mass is 10.1. The molecule has 26 heavy (non-hydrogen) atoms. The molecule has 0 radical (unpaired) electrons. The largest absolute Gasteiger partial charge is 0.380 e. The zero-order chi connectivity index (χ0) is 18.5. The Balaban J connectivity index is 1.59. The van der Waals surface area contributed by atoms with Gasteiger partial charge < -0.3 is 19.9 Å². The number of ether oxygens (including phenoxy) is 1. The second-order valence-electron chi connectivity index (χ2n) is 6.57. The molecule has 1 fully saturated rings. The number of carbonyl (C=O) groups excluding carboxylic acids is 2. The van der Waals surface area contributed by atoms with Gasteiger partial charge in [-0.3, -0.25) is 9.59 Å². The first kappa shape index (κ1) is 18.1. The van der Waals surface area contributed by atoms with Crippen LogP contribution in [-0.2, 0) is 22.7 Å². The standard InChI is InChI=1S/C19H24N4O3/c1-13(24)20-9-17-10-21-18(22-17)16-7-8-23(11-16)19(25)15-5-3-14(4-6-15)12-26-2/h3-6,10,16H,7-9,11-12H2,1-2H3,(H,20,24)(H,21,22)/t16-/m1/s1. The molecule has 1 atom stereocenters. The van der Waals surface area contributed by atoms with Gasteiger partial charge in [0, 0.05) is 38.6 Å². The molecule has 0 saturated carbocycles. The molecule has 0 bridgehead atoms. The second kappa shape index (κ2) is 8.14. The lowest BCUT2D eigenvalue weighted by Crippen LogP contribution is -2.28. The van der Waals surface area contributed by atoms with E-state index in [9.17, 15) is 9.59 Å². The Morgan fingerprint density at radius 2 is 2.12 bits per heavy atom. The van der Waals surface area contributed by atoms with Crippen LogP contribution in [0.5, 0.6) is 0 Å². The number of imidazole rings is 1. The van der Waals surface area contributed by atoms with Crippen molar-refractivity contribution in [3.05, 3.63) is 53.1 Å². The number of rotatable bonds is 6.